The van der Waals surface area contributed by atoms with Crippen LogP contribution in [-0.4, -0.2) is 59.4 Å². The molecule has 0 amide bonds. The van der Waals surface area contributed by atoms with Gasteiger partial charge in [-0.05, 0) is 73.8 Å². The molecule has 0 unspecified atom stereocenters. The fourth-order valence-electron chi connectivity index (χ4n) is 6.16. The molecular formula is C19H29F2NO4. The van der Waals surface area contributed by atoms with Crippen molar-refractivity contribution in [1.29, 1.82) is 0 Å². The van der Waals surface area contributed by atoms with E-state index in [0.29, 0.717) is 5.92 Å². The Balaban J connectivity index is 1.40. The second-order valence-electron chi connectivity index (χ2n) is 8.77. The Morgan fingerprint density at radius 3 is 2.19 bits per heavy atom. The average molecular weight is 373 g/mol. The van der Waals surface area contributed by atoms with Gasteiger partial charge < -0.3 is 25.4 Å². The van der Waals surface area contributed by atoms with Gasteiger partial charge in [0.1, 0.15) is 18.3 Å². The van der Waals surface area contributed by atoms with Crippen molar-refractivity contribution < 1.29 is 28.8 Å². The number of aliphatic hydroxyl groups excluding tert-OH is 3. The molecular weight excluding hydrogens is 344 g/mol. The second-order valence-corrected chi connectivity index (χ2v) is 8.77. The van der Waals surface area contributed by atoms with Gasteiger partial charge in [0, 0.05) is 0 Å². The zero-order chi connectivity index (χ0) is 18.4. The first-order chi connectivity index (χ1) is 12.4. The summed E-state index contributed by atoms with van der Waals surface area (Å²) < 4.78 is 28.8. The van der Waals surface area contributed by atoms with E-state index in [0.717, 1.165) is 30.2 Å². The van der Waals surface area contributed by atoms with Crippen molar-refractivity contribution in [1.82, 2.24) is 5.32 Å². The molecule has 26 heavy (non-hydrogen) atoms. The average Bonchev–Trinajstić information content (AvgIpc) is 2.59. The Morgan fingerprint density at radius 1 is 1.00 bits per heavy atom. The van der Waals surface area contributed by atoms with Gasteiger partial charge in [0.25, 0.3) is 0 Å². The van der Waals surface area contributed by atoms with Crippen LogP contribution in [0.25, 0.3) is 0 Å². The van der Waals surface area contributed by atoms with E-state index in [-0.39, 0.29) is 5.57 Å². The third-order valence-electron chi connectivity index (χ3n) is 7.20. The molecule has 4 saturated carbocycles. The molecule has 4 bridgehead atoms. The second kappa shape index (κ2) is 7.43. The largest absolute Gasteiger partial charge is 0.388 e. The van der Waals surface area contributed by atoms with Crippen LogP contribution in [0.5, 0.6) is 0 Å². The van der Waals surface area contributed by atoms with Crippen molar-refractivity contribution in [3.05, 3.63) is 11.6 Å². The number of aliphatic hydroxyl groups is 3. The maximum absolute atomic E-state index is 12.3. The maximum atomic E-state index is 12.3. The summed E-state index contributed by atoms with van der Waals surface area (Å²) in [5.41, 5.74) is 0.186. The molecule has 5 aliphatic rings. The van der Waals surface area contributed by atoms with E-state index in [1.807, 2.05) is 0 Å². The van der Waals surface area contributed by atoms with Crippen molar-refractivity contribution in [2.24, 2.45) is 29.6 Å². The normalized spacial score (nSPS) is 47.5. The van der Waals surface area contributed by atoms with Gasteiger partial charge in [-0.1, -0.05) is 6.08 Å². The first-order valence-corrected chi connectivity index (χ1v) is 9.80. The molecule has 7 heteroatoms. The van der Waals surface area contributed by atoms with Crippen molar-refractivity contribution in [3.63, 3.8) is 0 Å². The summed E-state index contributed by atoms with van der Waals surface area (Å²) >= 11 is 0. The minimum absolute atomic E-state index is 0.186. The molecule has 4 atom stereocenters. The highest BCUT2D eigenvalue weighted by molar-refractivity contribution is 5.22. The van der Waals surface area contributed by atoms with Crippen molar-refractivity contribution in [2.45, 2.75) is 63.1 Å². The lowest BCUT2D eigenvalue weighted by Crippen LogP contribution is -2.56. The zero-order valence-electron chi connectivity index (χ0n) is 14.8. The van der Waals surface area contributed by atoms with Crippen LogP contribution in [0, 0.1) is 29.6 Å². The number of hydrogen-bond donors (Lipinski definition) is 4. The summed E-state index contributed by atoms with van der Waals surface area (Å²) in [5, 5.41) is 33.7. The number of ether oxygens (including phenoxy) is 1. The standard InChI is InChI=1S/C19H29F2NO4/c20-19(21)26-8-13-6-15(17(24)18(25)16(13)23)22-7-14-11-2-9-1-10(4-11)5-12(14)3-9/h6,9-12,14-19,22-25H,1-5,7-8H2/t9?,10?,11?,12?,14?,15-,16+,17+,18+/m1/s1. The molecule has 5 aliphatic carbocycles. The van der Waals surface area contributed by atoms with Gasteiger partial charge in [0.15, 0.2) is 0 Å². The van der Waals surface area contributed by atoms with Crippen LogP contribution in [0.15, 0.2) is 11.6 Å². The predicted octanol–water partition coefficient (Wildman–Crippen LogP) is 1.28. The Labute approximate surface area is 152 Å². The Bertz CT molecular complexity index is 516. The fourth-order valence-corrected chi connectivity index (χ4v) is 6.16. The lowest BCUT2D eigenvalue weighted by Gasteiger charge is -2.54. The van der Waals surface area contributed by atoms with Crippen molar-refractivity contribution >= 4 is 0 Å². The first kappa shape index (κ1) is 18.7. The van der Waals surface area contributed by atoms with E-state index in [2.05, 4.69) is 10.1 Å². The van der Waals surface area contributed by atoms with Gasteiger partial charge in [0.05, 0.1) is 12.6 Å². The van der Waals surface area contributed by atoms with E-state index in [4.69, 9.17) is 0 Å². The summed E-state index contributed by atoms with van der Waals surface area (Å²) in [4.78, 5) is 0. The van der Waals surface area contributed by atoms with Crippen LogP contribution in [0.1, 0.15) is 32.1 Å². The number of rotatable bonds is 6. The predicted molar refractivity (Wildman–Crippen MR) is 90.4 cm³/mol. The first-order valence-electron chi connectivity index (χ1n) is 9.80. The highest BCUT2D eigenvalue weighted by Gasteiger charge is 2.48. The van der Waals surface area contributed by atoms with E-state index in [1.165, 1.54) is 32.1 Å². The minimum atomic E-state index is -2.94. The van der Waals surface area contributed by atoms with Gasteiger partial charge in [-0.2, -0.15) is 8.78 Å². The van der Waals surface area contributed by atoms with E-state index in [9.17, 15) is 24.1 Å². The molecule has 0 aromatic heterocycles. The molecule has 0 aliphatic heterocycles. The van der Waals surface area contributed by atoms with Gasteiger partial charge in [0.2, 0.25) is 0 Å². The third-order valence-corrected chi connectivity index (χ3v) is 7.20. The Kier molecular flexibility index (Phi) is 5.36. The topological polar surface area (TPSA) is 82.0 Å². The van der Waals surface area contributed by atoms with Crippen molar-refractivity contribution in [2.75, 3.05) is 13.2 Å². The molecule has 0 spiro atoms. The van der Waals surface area contributed by atoms with Crippen LogP contribution < -0.4 is 5.32 Å². The Morgan fingerprint density at radius 2 is 1.62 bits per heavy atom. The van der Waals surface area contributed by atoms with Gasteiger partial charge >= 0.3 is 6.61 Å². The molecule has 0 saturated heterocycles. The maximum Gasteiger partial charge on any atom is 0.345 e. The zero-order valence-corrected chi connectivity index (χ0v) is 14.8. The summed E-state index contributed by atoms with van der Waals surface area (Å²) in [7, 11) is 0. The smallest absolute Gasteiger partial charge is 0.345 e. The van der Waals surface area contributed by atoms with Gasteiger partial charge in [-0.15, -0.1) is 0 Å². The SMILES string of the molecule is O[C@@H]1[C@@H](O)[C@@H](O)C(COC(F)F)=C[C@H]1NCC1C2CC3CC(C2)CC1C3. The van der Waals surface area contributed by atoms with E-state index < -0.39 is 37.6 Å². The molecule has 148 valence electrons. The fraction of sp³-hybridized carbons (Fsp3) is 0.895. The molecule has 4 N–H and O–H groups in total. The van der Waals surface area contributed by atoms with Crippen molar-refractivity contribution in [3.8, 4) is 0 Å². The lowest BCUT2D eigenvalue weighted by molar-refractivity contribution is -0.129. The van der Waals surface area contributed by atoms with Gasteiger partial charge in [-0.25, -0.2) is 0 Å². The summed E-state index contributed by atoms with van der Waals surface area (Å²) in [6.45, 7) is -2.65. The molecule has 0 radical (unpaired) electrons. The third kappa shape index (κ3) is 3.56. The molecule has 0 aromatic carbocycles. The molecule has 4 fully saturated rings. The number of nitrogens with one attached hydrogen (secondary N) is 1. The number of halogens is 2. The summed E-state index contributed by atoms with van der Waals surface area (Å²) in [5.74, 6) is 3.84. The lowest BCUT2D eigenvalue weighted by atomic mass is 9.52. The van der Waals surface area contributed by atoms with Crippen LogP contribution >= 0.6 is 0 Å². The highest BCUT2D eigenvalue weighted by atomic mass is 19.3. The number of hydrogen-bond acceptors (Lipinski definition) is 5. The molecule has 0 aromatic rings. The molecule has 5 rings (SSSR count). The van der Waals surface area contributed by atoms with Gasteiger partial charge in [-0.3, -0.25) is 0 Å². The molecule has 5 nitrogen and oxygen atoms in total. The van der Waals surface area contributed by atoms with E-state index >= 15 is 0 Å². The summed E-state index contributed by atoms with van der Waals surface area (Å²) in [6.07, 6.45) is 4.19. The summed E-state index contributed by atoms with van der Waals surface area (Å²) in [6, 6.07) is -0.568. The highest BCUT2D eigenvalue weighted by Crippen LogP contribution is 2.56. The monoisotopic (exact) mass is 373 g/mol. The Hall–Kier alpha value is -0.600. The van der Waals surface area contributed by atoms with Crippen LogP contribution in [0.3, 0.4) is 0 Å². The van der Waals surface area contributed by atoms with Crippen LogP contribution in [0.2, 0.25) is 0 Å². The molecule has 0 heterocycles. The van der Waals surface area contributed by atoms with Crippen LogP contribution in [0.4, 0.5) is 8.78 Å². The number of alkyl halides is 2. The minimum Gasteiger partial charge on any atom is -0.388 e. The quantitative estimate of drug-likeness (QED) is 0.528. The van der Waals surface area contributed by atoms with E-state index in [1.54, 1.807) is 6.08 Å². The van der Waals surface area contributed by atoms with Crippen LogP contribution in [-0.2, 0) is 4.74 Å².